The van der Waals surface area contributed by atoms with E-state index in [1.54, 1.807) is 0 Å². The molecule has 0 aromatic carbocycles. The Kier molecular flexibility index (Phi) is 30.5. The molecule has 9 heavy (non-hydrogen) atoms. The Morgan fingerprint density at radius 2 is 1.67 bits per heavy atom. The molecule has 0 saturated carbocycles. The molecule has 0 aliphatic carbocycles. The number of hydrogen-bond donors (Lipinski definition) is 0. The molecule has 0 amide bonds. The van der Waals surface area contributed by atoms with Gasteiger partial charge in [-0.2, -0.15) is 0 Å². The molecule has 0 aliphatic heterocycles. The third-order valence-electron chi connectivity index (χ3n) is 0.189. The Balaban J connectivity index is -0.0000000720. The maximum absolute atomic E-state index is 8.44. The van der Waals surface area contributed by atoms with Crippen LogP contribution in [-0.2, 0) is 11.4 Å². The number of alkyl halides is 1. The summed E-state index contributed by atoms with van der Waals surface area (Å²) in [6.45, 7) is 2.13. The van der Waals surface area contributed by atoms with Gasteiger partial charge in [0.25, 0.3) is 0 Å². The molecular weight excluding hydrogens is 219 g/mol. The van der Waals surface area contributed by atoms with Gasteiger partial charge < -0.3 is 9.11 Å². The zero-order valence-electron chi connectivity index (χ0n) is 5.43. The van der Waals surface area contributed by atoms with Gasteiger partial charge in [0.15, 0.2) is 0 Å². The summed E-state index contributed by atoms with van der Waals surface area (Å²) in [5.74, 6) is 0. The van der Waals surface area contributed by atoms with Crippen molar-refractivity contribution in [1.29, 1.82) is 0 Å². The molecule has 52 valence electrons. The maximum atomic E-state index is 8.44. The van der Waals surface area contributed by atoms with Gasteiger partial charge in [0.2, 0.25) is 0 Å². The largest absolute Gasteiger partial charge is 1.00 e. The van der Waals surface area contributed by atoms with Crippen molar-refractivity contribution in [2.24, 2.45) is 0 Å². The van der Waals surface area contributed by atoms with Crippen molar-refractivity contribution in [1.82, 2.24) is 0 Å². The fourth-order valence-electron chi connectivity index (χ4n) is 0. The third kappa shape index (κ3) is 83.7. The molecule has 0 N–H and O–H groups in total. The molecule has 0 rings (SSSR count). The van der Waals surface area contributed by atoms with Crippen LogP contribution in [0.25, 0.3) is 0 Å². The molecule has 0 heterocycles. The SMILES string of the molecule is CCCBr.O=S([O-])[O-].[Na+]. The molecule has 0 saturated heterocycles. The average molecular weight is 226 g/mol. The zero-order chi connectivity index (χ0) is 6.99. The van der Waals surface area contributed by atoms with E-state index in [0.29, 0.717) is 0 Å². The van der Waals surface area contributed by atoms with E-state index in [9.17, 15) is 0 Å². The minimum Gasteiger partial charge on any atom is -0.784 e. The Labute approximate surface area is 88.1 Å². The van der Waals surface area contributed by atoms with E-state index in [2.05, 4.69) is 22.9 Å². The van der Waals surface area contributed by atoms with Crippen LogP contribution in [0.1, 0.15) is 13.3 Å². The smallest absolute Gasteiger partial charge is 0.784 e. The van der Waals surface area contributed by atoms with Crippen LogP contribution in [0.4, 0.5) is 0 Å². The fourth-order valence-corrected chi connectivity index (χ4v) is 0. The Morgan fingerprint density at radius 1 is 1.56 bits per heavy atom. The van der Waals surface area contributed by atoms with E-state index >= 15 is 0 Å². The molecule has 0 aromatic heterocycles. The first-order chi connectivity index (χ1) is 3.65. The molecule has 0 atom stereocenters. The number of halogens is 1. The molecular formula is C3H7BrNaO3S-. The van der Waals surface area contributed by atoms with Crippen LogP contribution in [0.15, 0.2) is 0 Å². The van der Waals surface area contributed by atoms with Gasteiger partial charge >= 0.3 is 29.6 Å². The molecule has 0 unspecified atom stereocenters. The molecule has 6 heteroatoms. The summed E-state index contributed by atoms with van der Waals surface area (Å²) in [5, 5.41) is 1.13. The van der Waals surface area contributed by atoms with Crippen LogP contribution in [0, 0.1) is 0 Å². The van der Waals surface area contributed by atoms with Crippen LogP contribution in [0.3, 0.4) is 0 Å². The Hall–Kier alpha value is 1.55. The summed E-state index contributed by atoms with van der Waals surface area (Å²) < 4.78 is 25.3. The van der Waals surface area contributed by atoms with Crippen molar-refractivity contribution in [2.75, 3.05) is 5.33 Å². The molecule has 0 bridgehead atoms. The summed E-state index contributed by atoms with van der Waals surface area (Å²) in [6, 6.07) is 0. The topological polar surface area (TPSA) is 63.2 Å². The summed E-state index contributed by atoms with van der Waals surface area (Å²) in [7, 11) is 0. The van der Waals surface area contributed by atoms with Crippen molar-refractivity contribution < 1.29 is 42.9 Å². The Morgan fingerprint density at radius 3 is 1.67 bits per heavy atom. The number of hydrogen-bond acceptors (Lipinski definition) is 3. The maximum Gasteiger partial charge on any atom is 1.00 e. The van der Waals surface area contributed by atoms with Gasteiger partial charge in [-0.3, -0.25) is 4.21 Å². The van der Waals surface area contributed by atoms with Crippen LogP contribution in [0.5, 0.6) is 0 Å². The van der Waals surface area contributed by atoms with E-state index < -0.39 is 11.4 Å². The van der Waals surface area contributed by atoms with Gasteiger partial charge in [-0.05, 0) is 6.42 Å². The predicted octanol–water partition coefficient (Wildman–Crippen LogP) is -2.21. The van der Waals surface area contributed by atoms with Gasteiger partial charge in [0, 0.05) is 5.33 Å². The van der Waals surface area contributed by atoms with Gasteiger partial charge in [-0.25, -0.2) is 0 Å². The van der Waals surface area contributed by atoms with E-state index in [4.69, 9.17) is 13.3 Å². The molecule has 0 fully saturated rings. The quantitative estimate of drug-likeness (QED) is 0.289. The van der Waals surface area contributed by atoms with Crippen molar-refractivity contribution in [2.45, 2.75) is 13.3 Å². The molecule has 0 aliphatic rings. The van der Waals surface area contributed by atoms with Crippen molar-refractivity contribution in [3.05, 3.63) is 0 Å². The number of rotatable bonds is 1. The zero-order valence-corrected chi connectivity index (χ0v) is 9.83. The second-order valence-corrected chi connectivity index (χ2v) is 2.09. The van der Waals surface area contributed by atoms with Crippen LogP contribution in [0.2, 0.25) is 0 Å². The van der Waals surface area contributed by atoms with E-state index in [1.807, 2.05) is 0 Å². The summed E-state index contributed by atoms with van der Waals surface area (Å²) >= 11 is 0.137. The van der Waals surface area contributed by atoms with Gasteiger partial charge in [0.05, 0.1) is 0 Å². The predicted molar refractivity (Wildman–Crippen MR) is 33.8 cm³/mol. The summed E-state index contributed by atoms with van der Waals surface area (Å²) in [6.07, 6.45) is 1.24. The van der Waals surface area contributed by atoms with Gasteiger partial charge in [-0.1, -0.05) is 22.9 Å². The first-order valence-electron chi connectivity index (χ1n) is 1.97. The second-order valence-electron chi connectivity index (χ2n) is 0.893. The minimum atomic E-state index is -3.11. The van der Waals surface area contributed by atoms with Crippen LogP contribution in [-0.4, -0.2) is 18.6 Å². The van der Waals surface area contributed by atoms with Gasteiger partial charge in [0.1, 0.15) is 0 Å². The van der Waals surface area contributed by atoms with E-state index in [0.717, 1.165) is 5.33 Å². The van der Waals surface area contributed by atoms with Crippen molar-refractivity contribution in [3.8, 4) is 0 Å². The van der Waals surface area contributed by atoms with Crippen LogP contribution < -0.4 is 29.6 Å². The second kappa shape index (κ2) is 16.3. The summed E-state index contributed by atoms with van der Waals surface area (Å²) in [5.41, 5.74) is 0. The first kappa shape index (κ1) is 16.9. The molecule has 0 radical (unpaired) electrons. The van der Waals surface area contributed by atoms with Crippen molar-refractivity contribution >= 4 is 27.3 Å². The molecule has 3 nitrogen and oxygen atoms in total. The van der Waals surface area contributed by atoms with Crippen LogP contribution >= 0.6 is 15.9 Å². The normalized spacial score (nSPS) is 7.22. The third-order valence-corrected chi connectivity index (χ3v) is 0.982. The summed E-state index contributed by atoms with van der Waals surface area (Å²) in [4.78, 5) is 0. The fraction of sp³-hybridized carbons (Fsp3) is 1.00. The van der Waals surface area contributed by atoms with Gasteiger partial charge in [-0.15, -0.1) is 11.4 Å². The van der Waals surface area contributed by atoms with E-state index in [-0.39, 0.29) is 29.6 Å². The first-order valence-corrected chi connectivity index (χ1v) is 4.10. The van der Waals surface area contributed by atoms with E-state index in [1.165, 1.54) is 6.42 Å². The monoisotopic (exact) mass is 225 g/mol. The Bertz CT molecular complexity index is 57.0. The van der Waals surface area contributed by atoms with Crippen molar-refractivity contribution in [3.63, 3.8) is 0 Å². The average Bonchev–Trinajstić information content (AvgIpc) is 1.65. The molecule has 0 spiro atoms. The molecule has 0 aromatic rings. The standard InChI is InChI=1S/C3H7Br.Na.H2O3S/c1-2-3-4;;1-4(2)3/h2-3H2,1H3;;(H2,1,2,3)/q;+1;/p-2. The minimum absolute atomic E-state index is 0.